The molecule has 0 atom stereocenters. The lowest BCUT2D eigenvalue weighted by Crippen LogP contribution is -2.03. The molecular formula is C14H17N5. The Morgan fingerprint density at radius 3 is 2.84 bits per heavy atom. The first kappa shape index (κ1) is 13.0. The average molecular weight is 255 g/mol. The van der Waals surface area contributed by atoms with Crippen molar-refractivity contribution in [3.63, 3.8) is 0 Å². The van der Waals surface area contributed by atoms with Crippen molar-refractivity contribution in [2.24, 2.45) is 7.05 Å². The summed E-state index contributed by atoms with van der Waals surface area (Å²) in [5.41, 5.74) is 10.6. The van der Waals surface area contributed by atoms with Gasteiger partial charge >= 0.3 is 0 Å². The molecule has 1 heterocycles. The molecule has 0 spiro atoms. The van der Waals surface area contributed by atoms with E-state index in [1.165, 1.54) is 0 Å². The van der Waals surface area contributed by atoms with E-state index in [0.717, 1.165) is 22.5 Å². The number of nitrogens with zero attached hydrogens (tertiary/aromatic N) is 3. The van der Waals surface area contributed by atoms with Crippen molar-refractivity contribution in [1.82, 2.24) is 9.78 Å². The second-order valence-corrected chi connectivity index (χ2v) is 4.48. The molecule has 0 aliphatic rings. The van der Waals surface area contributed by atoms with Crippen LogP contribution in [0.1, 0.15) is 16.8 Å². The molecule has 0 amide bonds. The number of nitrogens with one attached hydrogen (secondary N) is 1. The molecule has 1 aromatic carbocycles. The van der Waals surface area contributed by atoms with Crippen LogP contribution in [0.2, 0.25) is 0 Å². The van der Waals surface area contributed by atoms with Crippen LogP contribution in [0.25, 0.3) is 0 Å². The Labute approximate surface area is 112 Å². The third-order valence-electron chi connectivity index (χ3n) is 3.23. The van der Waals surface area contributed by atoms with Crippen LogP contribution in [-0.2, 0) is 20.0 Å². The van der Waals surface area contributed by atoms with Crippen LogP contribution >= 0.6 is 0 Å². The zero-order valence-electron chi connectivity index (χ0n) is 11.1. The summed E-state index contributed by atoms with van der Waals surface area (Å²) in [5.74, 6) is 0. The molecule has 0 saturated carbocycles. The lowest BCUT2D eigenvalue weighted by atomic mass is 10.1. The molecule has 3 N–H and O–H groups in total. The molecule has 0 aliphatic heterocycles. The fraction of sp³-hybridized carbons (Fsp3) is 0.286. The Balaban J connectivity index is 2.10. The molecule has 0 radical (unpaired) electrons. The van der Waals surface area contributed by atoms with Gasteiger partial charge in [-0.05, 0) is 30.7 Å². The summed E-state index contributed by atoms with van der Waals surface area (Å²) < 4.78 is 1.85. The Morgan fingerprint density at radius 1 is 1.42 bits per heavy atom. The van der Waals surface area contributed by atoms with Gasteiger partial charge in [0.05, 0.1) is 18.7 Å². The second kappa shape index (κ2) is 5.44. The molecule has 2 aromatic rings. The minimum absolute atomic E-state index is 0.327. The largest absolute Gasteiger partial charge is 0.398 e. The van der Waals surface area contributed by atoms with Crippen molar-refractivity contribution in [3.8, 4) is 6.07 Å². The van der Waals surface area contributed by atoms with E-state index in [-0.39, 0.29) is 0 Å². The van der Waals surface area contributed by atoms with Gasteiger partial charge < -0.3 is 11.1 Å². The number of nitriles is 1. The van der Waals surface area contributed by atoms with Gasteiger partial charge in [0, 0.05) is 36.2 Å². The van der Waals surface area contributed by atoms with Gasteiger partial charge in [-0.15, -0.1) is 0 Å². The highest BCUT2D eigenvalue weighted by Crippen LogP contribution is 2.19. The molecule has 19 heavy (non-hydrogen) atoms. The summed E-state index contributed by atoms with van der Waals surface area (Å²) in [4.78, 5) is 0. The fourth-order valence-corrected chi connectivity index (χ4v) is 1.87. The molecule has 5 heteroatoms. The summed E-state index contributed by atoms with van der Waals surface area (Å²) in [5, 5.41) is 16.3. The van der Waals surface area contributed by atoms with Crippen molar-refractivity contribution in [3.05, 3.63) is 41.2 Å². The second-order valence-electron chi connectivity index (χ2n) is 4.48. The van der Waals surface area contributed by atoms with Gasteiger partial charge in [-0.1, -0.05) is 0 Å². The molecule has 98 valence electrons. The topological polar surface area (TPSA) is 79.7 Å². The van der Waals surface area contributed by atoms with Gasteiger partial charge in [-0.25, -0.2) is 0 Å². The number of rotatable bonds is 4. The van der Waals surface area contributed by atoms with Crippen LogP contribution in [0.3, 0.4) is 0 Å². The number of aromatic nitrogens is 2. The molecule has 0 fully saturated rings. The maximum atomic E-state index is 8.75. The van der Waals surface area contributed by atoms with Crippen molar-refractivity contribution >= 4 is 11.4 Å². The molecule has 0 aliphatic carbocycles. The minimum atomic E-state index is 0.327. The van der Waals surface area contributed by atoms with Crippen molar-refractivity contribution in [2.75, 3.05) is 11.1 Å². The van der Waals surface area contributed by atoms with E-state index >= 15 is 0 Å². The first-order valence-corrected chi connectivity index (χ1v) is 6.08. The summed E-state index contributed by atoms with van der Waals surface area (Å²) in [6.07, 6.45) is 2.18. The number of nitrogens with two attached hydrogens (primary N) is 1. The predicted octanol–water partition coefficient (Wildman–Crippen LogP) is 1.99. The summed E-state index contributed by atoms with van der Waals surface area (Å²) in [7, 11) is 1.92. The van der Waals surface area contributed by atoms with E-state index in [9.17, 15) is 0 Å². The first-order valence-electron chi connectivity index (χ1n) is 6.08. The maximum Gasteiger partial charge on any atom is 0.0670 e. The highest BCUT2D eigenvalue weighted by molar-refractivity contribution is 5.58. The third-order valence-corrected chi connectivity index (χ3v) is 3.23. The SMILES string of the molecule is Cc1c(CNc2ccc(N)c(CC#N)c2)cnn1C. The summed E-state index contributed by atoms with van der Waals surface area (Å²) in [6.45, 7) is 2.74. The highest BCUT2D eigenvalue weighted by Gasteiger charge is 2.04. The van der Waals surface area contributed by atoms with Crippen molar-refractivity contribution in [1.29, 1.82) is 5.26 Å². The van der Waals surface area contributed by atoms with Crippen LogP contribution in [0.5, 0.6) is 0 Å². The van der Waals surface area contributed by atoms with E-state index in [1.807, 2.05) is 43.0 Å². The predicted molar refractivity (Wildman–Crippen MR) is 75.4 cm³/mol. The maximum absolute atomic E-state index is 8.75. The molecular weight excluding hydrogens is 238 g/mol. The highest BCUT2D eigenvalue weighted by atomic mass is 15.3. The van der Waals surface area contributed by atoms with E-state index in [1.54, 1.807) is 0 Å². The zero-order valence-corrected chi connectivity index (χ0v) is 11.1. The Bertz CT molecular complexity index is 621. The average Bonchev–Trinajstić information content (AvgIpc) is 2.71. The van der Waals surface area contributed by atoms with Gasteiger partial charge in [0.15, 0.2) is 0 Å². The van der Waals surface area contributed by atoms with Crippen LogP contribution in [-0.4, -0.2) is 9.78 Å². The Hall–Kier alpha value is -2.48. The van der Waals surface area contributed by atoms with Crippen molar-refractivity contribution in [2.45, 2.75) is 19.9 Å². The van der Waals surface area contributed by atoms with E-state index in [0.29, 0.717) is 18.7 Å². The number of anilines is 2. The van der Waals surface area contributed by atoms with Crippen LogP contribution in [0.4, 0.5) is 11.4 Å². The van der Waals surface area contributed by atoms with Crippen LogP contribution in [0, 0.1) is 18.3 Å². The Kier molecular flexibility index (Phi) is 3.71. The number of hydrogen-bond acceptors (Lipinski definition) is 4. The fourth-order valence-electron chi connectivity index (χ4n) is 1.87. The van der Waals surface area contributed by atoms with Crippen molar-refractivity contribution < 1.29 is 0 Å². The monoisotopic (exact) mass is 255 g/mol. The molecule has 0 saturated heterocycles. The summed E-state index contributed by atoms with van der Waals surface area (Å²) in [6, 6.07) is 7.78. The zero-order chi connectivity index (χ0) is 13.8. The van der Waals surface area contributed by atoms with Crippen LogP contribution in [0.15, 0.2) is 24.4 Å². The van der Waals surface area contributed by atoms with Gasteiger partial charge in [-0.3, -0.25) is 4.68 Å². The third kappa shape index (κ3) is 2.86. The van der Waals surface area contributed by atoms with E-state index in [2.05, 4.69) is 16.5 Å². The quantitative estimate of drug-likeness (QED) is 0.819. The van der Waals surface area contributed by atoms with E-state index < -0.39 is 0 Å². The van der Waals surface area contributed by atoms with Gasteiger partial charge in [0.1, 0.15) is 0 Å². The smallest absolute Gasteiger partial charge is 0.0670 e. The van der Waals surface area contributed by atoms with Gasteiger partial charge in [0.25, 0.3) is 0 Å². The number of hydrogen-bond donors (Lipinski definition) is 2. The first-order chi connectivity index (χ1) is 9.11. The number of benzene rings is 1. The molecule has 1 aromatic heterocycles. The molecule has 0 unspecified atom stereocenters. The van der Waals surface area contributed by atoms with Gasteiger partial charge in [-0.2, -0.15) is 10.4 Å². The number of aryl methyl sites for hydroxylation is 1. The Morgan fingerprint density at radius 2 is 2.21 bits per heavy atom. The summed E-state index contributed by atoms with van der Waals surface area (Å²) >= 11 is 0. The van der Waals surface area contributed by atoms with Crippen LogP contribution < -0.4 is 11.1 Å². The standard InChI is InChI=1S/C14H17N5/c1-10-12(9-18-19(10)2)8-17-13-3-4-14(16)11(7-13)5-6-15/h3-4,7,9,17H,5,8,16H2,1-2H3. The normalized spacial score (nSPS) is 10.2. The van der Waals surface area contributed by atoms with E-state index in [4.69, 9.17) is 11.0 Å². The lowest BCUT2D eigenvalue weighted by molar-refractivity contribution is 0.738. The minimum Gasteiger partial charge on any atom is -0.398 e. The molecule has 0 bridgehead atoms. The molecule has 5 nitrogen and oxygen atoms in total. The lowest BCUT2D eigenvalue weighted by Gasteiger charge is -2.09. The van der Waals surface area contributed by atoms with Gasteiger partial charge in [0.2, 0.25) is 0 Å². The molecule has 2 rings (SSSR count). The number of nitrogen functional groups attached to an aromatic ring is 1.